The summed E-state index contributed by atoms with van der Waals surface area (Å²) in [6.45, 7) is 8.85. The van der Waals surface area contributed by atoms with E-state index in [1.165, 1.54) is 6.33 Å². The van der Waals surface area contributed by atoms with Crippen molar-refractivity contribution in [2.24, 2.45) is 5.73 Å². The highest BCUT2D eigenvalue weighted by molar-refractivity contribution is 5.83. The fraction of sp³-hybridized carbons (Fsp3) is 0.727. The molecule has 3 rings (SSSR count). The molecule has 11 nitrogen and oxygen atoms in total. The van der Waals surface area contributed by atoms with Gasteiger partial charge in [-0.25, -0.2) is 15.0 Å². The van der Waals surface area contributed by atoms with E-state index in [2.05, 4.69) is 41.0 Å². The fourth-order valence-corrected chi connectivity index (χ4v) is 3.77. The van der Waals surface area contributed by atoms with Crippen LogP contribution in [0.15, 0.2) is 12.7 Å². The van der Waals surface area contributed by atoms with E-state index >= 15 is 0 Å². The highest BCUT2D eigenvalue weighted by Crippen LogP contribution is 2.36. The number of ether oxygens (including phenoxy) is 4. The van der Waals surface area contributed by atoms with Crippen LogP contribution in [0.1, 0.15) is 52.7 Å². The van der Waals surface area contributed by atoms with E-state index in [1.807, 2.05) is 4.57 Å². The number of primary amides is 1. The lowest BCUT2D eigenvalue weighted by Crippen LogP contribution is -2.39. The maximum atomic E-state index is 11.1. The predicted molar refractivity (Wildman–Crippen MR) is 123 cm³/mol. The van der Waals surface area contributed by atoms with Crippen LogP contribution in [0.4, 0.5) is 5.82 Å². The number of carbonyl (C=O) groups excluding carboxylic acids is 1. The van der Waals surface area contributed by atoms with Crippen LogP contribution >= 0.6 is 0 Å². The average molecular weight is 465 g/mol. The van der Waals surface area contributed by atoms with Gasteiger partial charge in [-0.1, -0.05) is 20.8 Å². The first-order valence-corrected chi connectivity index (χ1v) is 11.8. The second kappa shape index (κ2) is 12.8. The molecule has 2 aromatic heterocycles. The largest absolute Gasteiger partial charge is 0.379 e. The fourth-order valence-electron chi connectivity index (χ4n) is 3.77. The number of carbonyl (C=O) groups is 1. The maximum absolute atomic E-state index is 11.1. The molecule has 4 unspecified atom stereocenters. The normalized spacial score (nSPS) is 22.8. The molecule has 1 aliphatic heterocycles. The second-order valence-corrected chi connectivity index (χ2v) is 8.00. The van der Waals surface area contributed by atoms with Gasteiger partial charge < -0.3 is 30.0 Å². The van der Waals surface area contributed by atoms with Crippen LogP contribution in [0, 0.1) is 0 Å². The van der Waals surface area contributed by atoms with Crippen molar-refractivity contribution in [2.45, 2.75) is 71.0 Å². The first kappa shape index (κ1) is 25.3. The summed E-state index contributed by atoms with van der Waals surface area (Å²) in [6.07, 6.45) is 4.66. The van der Waals surface area contributed by atoms with Crippen molar-refractivity contribution in [3.8, 4) is 0 Å². The Morgan fingerprint density at radius 1 is 1.09 bits per heavy atom. The molecule has 3 N–H and O–H groups in total. The number of nitrogens with zero attached hydrogens (tertiary/aromatic N) is 4. The van der Waals surface area contributed by atoms with Gasteiger partial charge in [-0.15, -0.1) is 0 Å². The molecule has 4 atom stereocenters. The Balaban J connectivity index is 1.88. The van der Waals surface area contributed by atoms with Crippen LogP contribution in [0.5, 0.6) is 0 Å². The van der Waals surface area contributed by atoms with E-state index in [9.17, 15) is 4.79 Å². The van der Waals surface area contributed by atoms with E-state index in [0.717, 1.165) is 19.3 Å². The smallest absolute Gasteiger partial charge is 0.219 e. The molecule has 2 aromatic rings. The third-order valence-electron chi connectivity index (χ3n) is 5.24. The zero-order valence-corrected chi connectivity index (χ0v) is 19.7. The molecule has 0 radical (unpaired) electrons. The van der Waals surface area contributed by atoms with Gasteiger partial charge in [-0.05, 0) is 19.3 Å². The average Bonchev–Trinajstić information content (AvgIpc) is 3.38. The van der Waals surface area contributed by atoms with Crippen LogP contribution in [0.2, 0.25) is 0 Å². The number of anilines is 1. The van der Waals surface area contributed by atoms with Gasteiger partial charge in [0.15, 0.2) is 23.2 Å². The minimum Gasteiger partial charge on any atom is -0.379 e. The second-order valence-electron chi connectivity index (χ2n) is 8.00. The molecular formula is C22H36N6O5. The highest BCUT2D eigenvalue weighted by Gasteiger charge is 2.47. The minimum atomic E-state index is -0.480. The Morgan fingerprint density at radius 2 is 1.82 bits per heavy atom. The number of amides is 1. The summed E-state index contributed by atoms with van der Waals surface area (Å²) in [6, 6.07) is 0. The molecule has 1 saturated heterocycles. The molecule has 3 heterocycles. The van der Waals surface area contributed by atoms with Crippen LogP contribution < -0.4 is 11.1 Å². The zero-order chi connectivity index (χ0) is 23.6. The van der Waals surface area contributed by atoms with Crippen molar-refractivity contribution in [1.29, 1.82) is 0 Å². The van der Waals surface area contributed by atoms with Crippen molar-refractivity contribution in [3.05, 3.63) is 12.7 Å². The number of nitrogens with two attached hydrogens (primary N) is 1. The lowest BCUT2D eigenvalue weighted by atomic mass is 10.1. The summed E-state index contributed by atoms with van der Waals surface area (Å²) in [5, 5.41) is 3.10. The summed E-state index contributed by atoms with van der Waals surface area (Å²) in [4.78, 5) is 24.3. The summed E-state index contributed by atoms with van der Waals surface area (Å²) in [7, 11) is 0. The lowest BCUT2D eigenvalue weighted by molar-refractivity contribution is -0.117. The Bertz CT molecular complexity index is 878. The third kappa shape index (κ3) is 6.38. The van der Waals surface area contributed by atoms with Crippen LogP contribution in [-0.2, 0) is 23.7 Å². The van der Waals surface area contributed by atoms with Gasteiger partial charge in [0, 0.05) is 32.8 Å². The van der Waals surface area contributed by atoms with Gasteiger partial charge in [0.25, 0.3) is 0 Å². The number of rotatable bonds is 15. The first-order valence-electron chi connectivity index (χ1n) is 11.8. The number of hydrogen-bond donors (Lipinski definition) is 2. The highest BCUT2D eigenvalue weighted by atomic mass is 16.6. The Hall–Kier alpha value is -2.34. The molecule has 0 aromatic carbocycles. The summed E-state index contributed by atoms with van der Waals surface area (Å²) in [5.41, 5.74) is 6.41. The minimum absolute atomic E-state index is 0.195. The van der Waals surface area contributed by atoms with E-state index in [1.54, 1.807) is 6.33 Å². The molecule has 184 valence electrons. The molecule has 1 amide bonds. The molecular weight excluding hydrogens is 428 g/mol. The summed E-state index contributed by atoms with van der Waals surface area (Å²) >= 11 is 0. The van der Waals surface area contributed by atoms with Crippen molar-refractivity contribution in [2.75, 3.05) is 38.3 Å². The summed E-state index contributed by atoms with van der Waals surface area (Å²) < 4.78 is 26.5. The zero-order valence-electron chi connectivity index (χ0n) is 19.7. The number of fused-ring (bicyclic) bond motifs is 1. The van der Waals surface area contributed by atoms with E-state index in [4.69, 9.17) is 24.7 Å². The van der Waals surface area contributed by atoms with Crippen molar-refractivity contribution >= 4 is 22.9 Å². The molecule has 1 fully saturated rings. The SMILES string of the molecule is CCCOCC1OC(n2cnc3c(NCCC(N)=O)ncnc32)C(OCCC)C1OCCC. The molecule has 0 bridgehead atoms. The molecule has 1 aliphatic rings. The standard InChI is InChI=1S/C22H36N6O5/c1-4-9-30-12-15-18(31-10-5-2)19(32-11-6-3)22(33-15)28-14-27-17-20(24-8-7-16(23)29)25-13-26-21(17)28/h13-15,18-19,22H,4-12H2,1-3H3,(H2,23,29)(H,24,25,26). The van der Waals surface area contributed by atoms with Crippen LogP contribution in [-0.4, -0.2) is 76.7 Å². The number of imidazole rings is 1. The molecule has 0 aliphatic carbocycles. The number of nitrogens with one attached hydrogen (secondary N) is 1. The number of hydrogen-bond acceptors (Lipinski definition) is 9. The van der Waals surface area contributed by atoms with Crippen molar-refractivity contribution < 1.29 is 23.7 Å². The monoisotopic (exact) mass is 464 g/mol. The van der Waals surface area contributed by atoms with Crippen molar-refractivity contribution in [3.63, 3.8) is 0 Å². The summed E-state index contributed by atoms with van der Waals surface area (Å²) in [5.74, 6) is 0.147. The van der Waals surface area contributed by atoms with E-state index in [0.29, 0.717) is 50.0 Å². The molecule has 0 saturated carbocycles. The van der Waals surface area contributed by atoms with Gasteiger partial charge >= 0.3 is 0 Å². The Labute approximate surface area is 194 Å². The van der Waals surface area contributed by atoms with Gasteiger partial charge in [-0.2, -0.15) is 0 Å². The van der Waals surface area contributed by atoms with E-state index in [-0.39, 0.29) is 30.6 Å². The number of aromatic nitrogens is 4. The van der Waals surface area contributed by atoms with E-state index < -0.39 is 6.23 Å². The topological polar surface area (TPSA) is 136 Å². The van der Waals surface area contributed by atoms with Crippen LogP contribution in [0.3, 0.4) is 0 Å². The Morgan fingerprint density at radius 3 is 2.52 bits per heavy atom. The maximum Gasteiger partial charge on any atom is 0.219 e. The third-order valence-corrected chi connectivity index (χ3v) is 5.24. The van der Waals surface area contributed by atoms with Crippen LogP contribution in [0.25, 0.3) is 11.2 Å². The first-order chi connectivity index (χ1) is 16.1. The molecule has 11 heteroatoms. The van der Waals surface area contributed by atoms with Gasteiger partial charge in [-0.3, -0.25) is 9.36 Å². The van der Waals surface area contributed by atoms with Gasteiger partial charge in [0.2, 0.25) is 5.91 Å². The van der Waals surface area contributed by atoms with Gasteiger partial charge in [0.1, 0.15) is 24.6 Å². The van der Waals surface area contributed by atoms with Crippen molar-refractivity contribution in [1.82, 2.24) is 19.5 Å². The molecule has 33 heavy (non-hydrogen) atoms. The molecule has 0 spiro atoms. The Kier molecular flexibility index (Phi) is 9.79. The van der Waals surface area contributed by atoms with Gasteiger partial charge in [0.05, 0.1) is 12.9 Å². The predicted octanol–water partition coefficient (Wildman–Crippen LogP) is 2.03. The quantitative estimate of drug-likeness (QED) is 0.379. The lowest BCUT2D eigenvalue weighted by Gasteiger charge is -2.25.